The first-order chi connectivity index (χ1) is 13.8. The van der Waals surface area contributed by atoms with E-state index in [1.807, 2.05) is 18.3 Å². The zero-order valence-corrected chi connectivity index (χ0v) is 18.1. The summed E-state index contributed by atoms with van der Waals surface area (Å²) in [5, 5.41) is 0. The van der Waals surface area contributed by atoms with Gasteiger partial charge in [0.05, 0.1) is 5.41 Å². The van der Waals surface area contributed by atoms with Gasteiger partial charge in [-0.25, -0.2) is 4.98 Å². The number of likely N-dealkylation sites (tertiary alicyclic amines) is 1. The molecule has 4 rings (SSSR count). The molecular weight excluding hydrogens is 364 g/mol. The number of aromatic nitrogens is 1. The predicted molar refractivity (Wildman–Crippen MR) is 113 cm³/mol. The number of piperazine rings is 1. The standard InChI is InChI=1S/C23H34N4O2/c1-22(2)18-9-10-23(22,3)21(29)27(20(18)28)13-7-6-12-25-14-16-26(17-15-25)19-8-4-5-11-24-19/h4-5,8,11,18H,6-7,9-10,12-17H2,1-3H3/t18?,23-/m1/s1. The van der Waals surface area contributed by atoms with Gasteiger partial charge in [0.15, 0.2) is 0 Å². The van der Waals surface area contributed by atoms with E-state index < -0.39 is 0 Å². The normalized spacial score (nSPS) is 29.6. The van der Waals surface area contributed by atoms with Crippen molar-refractivity contribution in [2.45, 2.75) is 46.5 Å². The van der Waals surface area contributed by atoms with E-state index in [-0.39, 0.29) is 28.6 Å². The number of nitrogens with zero attached hydrogens (tertiary/aromatic N) is 4. The Hall–Kier alpha value is -1.95. The predicted octanol–water partition coefficient (Wildman–Crippen LogP) is 2.80. The monoisotopic (exact) mass is 398 g/mol. The molecule has 1 aromatic rings. The van der Waals surface area contributed by atoms with Crippen LogP contribution >= 0.6 is 0 Å². The molecule has 1 aromatic heterocycles. The molecule has 1 aliphatic carbocycles. The molecule has 1 saturated carbocycles. The number of amides is 2. The highest BCUT2D eigenvalue weighted by atomic mass is 16.2. The van der Waals surface area contributed by atoms with Gasteiger partial charge in [-0.05, 0) is 49.8 Å². The second-order valence-corrected chi connectivity index (χ2v) is 9.66. The van der Waals surface area contributed by atoms with Crippen LogP contribution in [0.4, 0.5) is 5.82 Å². The molecule has 3 aliphatic rings. The van der Waals surface area contributed by atoms with Gasteiger partial charge < -0.3 is 4.90 Å². The van der Waals surface area contributed by atoms with Gasteiger partial charge >= 0.3 is 0 Å². The lowest BCUT2D eigenvalue weighted by molar-refractivity contribution is -0.167. The number of hydrogen-bond acceptors (Lipinski definition) is 5. The van der Waals surface area contributed by atoms with Gasteiger partial charge in [-0.1, -0.05) is 26.8 Å². The van der Waals surface area contributed by atoms with Crippen molar-refractivity contribution in [3.63, 3.8) is 0 Å². The van der Waals surface area contributed by atoms with Crippen LogP contribution in [0, 0.1) is 16.7 Å². The Labute approximate surface area is 174 Å². The molecule has 0 aromatic carbocycles. The van der Waals surface area contributed by atoms with Crippen LogP contribution in [0.1, 0.15) is 46.5 Å². The molecule has 6 nitrogen and oxygen atoms in total. The fraction of sp³-hybridized carbons (Fsp3) is 0.696. The molecule has 0 radical (unpaired) electrons. The maximum atomic E-state index is 13.1. The molecule has 2 amide bonds. The second kappa shape index (κ2) is 7.71. The van der Waals surface area contributed by atoms with Crippen LogP contribution in [0.2, 0.25) is 0 Å². The first-order valence-electron chi connectivity index (χ1n) is 11.1. The quantitative estimate of drug-likeness (QED) is 0.545. The summed E-state index contributed by atoms with van der Waals surface area (Å²) in [5.41, 5.74) is -0.599. The maximum absolute atomic E-state index is 13.1. The highest BCUT2D eigenvalue weighted by molar-refractivity contribution is 6.03. The van der Waals surface area contributed by atoms with Crippen LogP contribution < -0.4 is 4.90 Å². The minimum Gasteiger partial charge on any atom is -0.354 e. The van der Waals surface area contributed by atoms with E-state index in [2.05, 4.69) is 41.6 Å². The minimum absolute atomic E-state index is 0.00451. The summed E-state index contributed by atoms with van der Waals surface area (Å²) in [6, 6.07) is 6.05. The largest absolute Gasteiger partial charge is 0.354 e. The number of rotatable bonds is 6. The SMILES string of the molecule is CC1(C)C2CC[C@]1(C)C(=O)N(CCCCN1CCN(c3ccccn3)CC1)C2=O. The fourth-order valence-corrected chi connectivity index (χ4v) is 5.46. The summed E-state index contributed by atoms with van der Waals surface area (Å²) in [6.45, 7) is 11.9. The van der Waals surface area contributed by atoms with Crippen molar-refractivity contribution in [2.75, 3.05) is 44.2 Å². The third kappa shape index (κ3) is 3.45. The van der Waals surface area contributed by atoms with Gasteiger partial charge in [0, 0.05) is 44.8 Å². The van der Waals surface area contributed by atoms with E-state index in [4.69, 9.17) is 0 Å². The van der Waals surface area contributed by atoms with Gasteiger partial charge in [-0.2, -0.15) is 0 Å². The average Bonchev–Trinajstić information content (AvgIpc) is 2.92. The zero-order chi connectivity index (χ0) is 20.6. The average molecular weight is 399 g/mol. The third-order valence-electron chi connectivity index (χ3n) is 7.96. The van der Waals surface area contributed by atoms with Gasteiger partial charge in [-0.15, -0.1) is 0 Å². The molecule has 1 unspecified atom stereocenters. The number of piperidine rings is 1. The Bertz CT molecular complexity index is 757. The molecule has 2 aliphatic heterocycles. The first-order valence-corrected chi connectivity index (χ1v) is 11.1. The summed E-state index contributed by atoms with van der Waals surface area (Å²) >= 11 is 0. The highest BCUT2D eigenvalue weighted by Gasteiger charge is 2.64. The van der Waals surface area contributed by atoms with Crippen molar-refractivity contribution in [1.29, 1.82) is 0 Å². The molecule has 0 N–H and O–H groups in total. The Morgan fingerprint density at radius 2 is 1.76 bits per heavy atom. The van der Waals surface area contributed by atoms with Gasteiger partial charge in [0.2, 0.25) is 11.8 Å². The fourth-order valence-electron chi connectivity index (χ4n) is 5.46. The molecule has 3 fully saturated rings. The minimum atomic E-state index is -0.382. The summed E-state index contributed by atoms with van der Waals surface area (Å²) in [7, 11) is 0. The van der Waals surface area contributed by atoms with Crippen LogP contribution in [0.15, 0.2) is 24.4 Å². The number of carbonyl (C=O) groups is 2. The van der Waals surface area contributed by atoms with Crippen molar-refractivity contribution >= 4 is 17.6 Å². The van der Waals surface area contributed by atoms with Crippen molar-refractivity contribution in [3.05, 3.63) is 24.4 Å². The van der Waals surface area contributed by atoms with Crippen LogP contribution in [0.5, 0.6) is 0 Å². The molecule has 2 bridgehead atoms. The van der Waals surface area contributed by atoms with Gasteiger partial charge in [0.25, 0.3) is 0 Å². The Kier molecular flexibility index (Phi) is 5.40. The van der Waals surface area contributed by atoms with Crippen LogP contribution in [0.25, 0.3) is 0 Å². The third-order valence-corrected chi connectivity index (χ3v) is 7.96. The van der Waals surface area contributed by atoms with Crippen molar-refractivity contribution in [2.24, 2.45) is 16.7 Å². The van der Waals surface area contributed by atoms with Gasteiger partial charge in [-0.3, -0.25) is 19.4 Å². The second-order valence-electron chi connectivity index (χ2n) is 9.66. The van der Waals surface area contributed by atoms with E-state index in [9.17, 15) is 9.59 Å². The molecule has 6 heteroatoms. The Morgan fingerprint density at radius 1 is 1.03 bits per heavy atom. The van der Waals surface area contributed by atoms with Crippen molar-refractivity contribution in [3.8, 4) is 0 Å². The lowest BCUT2D eigenvalue weighted by atomic mass is 9.62. The lowest BCUT2D eigenvalue weighted by Crippen LogP contribution is -2.59. The molecule has 158 valence electrons. The van der Waals surface area contributed by atoms with E-state index >= 15 is 0 Å². The summed E-state index contributed by atoms with van der Waals surface area (Å²) in [4.78, 5) is 36.8. The summed E-state index contributed by atoms with van der Waals surface area (Å²) in [5.74, 6) is 1.19. The van der Waals surface area contributed by atoms with Crippen LogP contribution in [-0.4, -0.2) is 65.9 Å². The molecule has 3 heterocycles. The van der Waals surface area contributed by atoms with E-state index in [0.717, 1.165) is 64.2 Å². The van der Waals surface area contributed by atoms with Gasteiger partial charge in [0.1, 0.15) is 5.82 Å². The molecule has 0 spiro atoms. The number of hydrogen-bond donors (Lipinski definition) is 0. The van der Waals surface area contributed by atoms with Crippen LogP contribution in [-0.2, 0) is 9.59 Å². The number of unbranched alkanes of at least 4 members (excludes halogenated alkanes) is 1. The summed E-state index contributed by atoms with van der Waals surface area (Å²) in [6.07, 6.45) is 5.45. The van der Waals surface area contributed by atoms with Crippen molar-refractivity contribution < 1.29 is 9.59 Å². The molecular formula is C23H34N4O2. The highest BCUT2D eigenvalue weighted by Crippen LogP contribution is 2.60. The Balaban J connectivity index is 1.23. The number of carbonyl (C=O) groups excluding carboxylic acids is 2. The van der Waals surface area contributed by atoms with E-state index in [0.29, 0.717) is 6.54 Å². The number of fused-ring (bicyclic) bond motifs is 2. The topological polar surface area (TPSA) is 56.8 Å². The maximum Gasteiger partial charge on any atom is 0.235 e. The smallest absolute Gasteiger partial charge is 0.235 e. The molecule has 29 heavy (non-hydrogen) atoms. The van der Waals surface area contributed by atoms with Crippen molar-refractivity contribution in [1.82, 2.24) is 14.8 Å². The lowest BCUT2D eigenvalue weighted by Gasteiger charge is -2.47. The molecule has 2 atom stereocenters. The molecule has 2 saturated heterocycles. The summed E-state index contributed by atoms with van der Waals surface area (Å²) < 4.78 is 0. The first kappa shape index (κ1) is 20.3. The van der Waals surface area contributed by atoms with Crippen LogP contribution in [0.3, 0.4) is 0 Å². The van der Waals surface area contributed by atoms with E-state index in [1.165, 1.54) is 0 Å². The van der Waals surface area contributed by atoms with E-state index in [1.54, 1.807) is 4.90 Å². The number of pyridine rings is 1. The zero-order valence-electron chi connectivity index (χ0n) is 18.1. The number of imide groups is 1. The Morgan fingerprint density at radius 3 is 2.45 bits per heavy atom. The number of anilines is 1.